The minimum absolute atomic E-state index is 0.0968. The maximum Gasteiger partial charge on any atom is 0.244 e. The molecule has 8 nitrogen and oxygen atoms in total. The highest BCUT2D eigenvalue weighted by molar-refractivity contribution is 6.12. The molecule has 5 rings (SSSR count). The second kappa shape index (κ2) is 10.2. The number of nitrogens with zero attached hydrogens (tertiary/aromatic N) is 5. The van der Waals surface area contributed by atoms with Crippen molar-refractivity contribution in [3.63, 3.8) is 0 Å². The number of hydrogen-bond donors (Lipinski definition) is 2. The summed E-state index contributed by atoms with van der Waals surface area (Å²) in [5.74, 6) is -0.951. The summed E-state index contributed by atoms with van der Waals surface area (Å²) in [6, 6.07) is 30.6. The van der Waals surface area contributed by atoms with Crippen molar-refractivity contribution in [2.45, 2.75) is 12.7 Å². The molecule has 2 heterocycles. The van der Waals surface area contributed by atoms with Gasteiger partial charge in [0.25, 0.3) is 0 Å². The molecule has 3 N–H and O–H groups in total. The van der Waals surface area contributed by atoms with Gasteiger partial charge in [0.15, 0.2) is 0 Å². The van der Waals surface area contributed by atoms with Crippen LogP contribution >= 0.6 is 0 Å². The van der Waals surface area contributed by atoms with E-state index in [9.17, 15) is 15.3 Å². The van der Waals surface area contributed by atoms with Crippen molar-refractivity contribution in [1.29, 1.82) is 10.5 Å². The summed E-state index contributed by atoms with van der Waals surface area (Å²) >= 11 is 0. The molecule has 2 atom stereocenters. The Hall–Kier alpha value is -5.18. The monoisotopic (exact) mass is 485 g/mol. The van der Waals surface area contributed by atoms with Crippen LogP contribution in [0.3, 0.4) is 0 Å². The first-order valence-electron chi connectivity index (χ1n) is 11.7. The average molecular weight is 486 g/mol. The van der Waals surface area contributed by atoms with E-state index in [1.165, 1.54) is 0 Å². The lowest BCUT2D eigenvalue weighted by Crippen LogP contribution is -2.40. The summed E-state index contributed by atoms with van der Waals surface area (Å²) in [4.78, 5) is 12.7. The van der Waals surface area contributed by atoms with Gasteiger partial charge in [-0.3, -0.25) is 4.79 Å². The number of fused-ring (bicyclic) bond motifs is 1. The Morgan fingerprint density at radius 3 is 2.38 bits per heavy atom. The van der Waals surface area contributed by atoms with E-state index in [0.29, 0.717) is 5.71 Å². The molecule has 0 saturated carbocycles. The first-order chi connectivity index (χ1) is 18.1. The van der Waals surface area contributed by atoms with Crippen molar-refractivity contribution >= 4 is 40.0 Å². The molecule has 37 heavy (non-hydrogen) atoms. The minimum atomic E-state index is -0.781. The zero-order valence-corrected chi connectivity index (χ0v) is 19.8. The topological polar surface area (TPSA) is 123 Å². The lowest BCUT2D eigenvalue weighted by molar-refractivity contribution is -0.116. The van der Waals surface area contributed by atoms with Gasteiger partial charge < -0.3 is 15.6 Å². The molecule has 1 amide bonds. The van der Waals surface area contributed by atoms with E-state index >= 15 is 0 Å². The minimum Gasteiger partial charge on any atom is -0.337 e. The van der Waals surface area contributed by atoms with Gasteiger partial charge in [0, 0.05) is 28.4 Å². The van der Waals surface area contributed by atoms with E-state index < -0.39 is 12.1 Å². The number of aromatic nitrogens is 1. The molecule has 3 aromatic carbocycles. The zero-order valence-electron chi connectivity index (χ0n) is 19.8. The van der Waals surface area contributed by atoms with Gasteiger partial charge in [-0.05, 0) is 36.4 Å². The summed E-state index contributed by atoms with van der Waals surface area (Å²) in [7, 11) is 0. The summed E-state index contributed by atoms with van der Waals surface area (Å²) in [6.07, 6.45) is 2.82. The molecule has 180 valence electrons. The first-order valence-corrected chi connectivity index (χ1v) is 11.7. The van der Waals surface area contributed by atoms with E-state index in [4.69, 9.17) is 5.73 Å². The number of carbonyl (C=O) groups excluding carboxylic acids is 1. The molecule has 4 aromatic rings. The molecular weight excluding hydrogens is 462 g/mol. The van der Waals surface area contributed by atoms with Crippen molar-refractivity contribution in [3.05, 3.63) is 102 Å². The highest BCUT2D eigenvalue weighted by Gasteiger charge is 2.37. The Labute approximate surface area is 214 Å². The fourth-order valence-corrected chi connectivity index (χ4v) is 4.43. The number of benzene rings is 3. The number of amides is 1. The fourth-order valence-electron chi connectivity index (χ4n) is 4.43. The number of para-hydroxylation sites is 3. The molecule has 0 aliphatic carbocycles. The van der Waals surface area contributed by atoms with Gasteiger partial charge >= 0.3 is 0 Å². The number of nitrogens with two attached hydrogens (primary N) is 1. The van der Waals surface area contributed by atoms with E-state index in [-0.39, 0.29) is 18.0 Å². The van der Waals surface area contributed by atoms with Crippen LogP contribution in [-0.4, -0.2) is 22.4 Å². The molecule has 0 saturated heterocycles. The van der Waals surface area contributed by atoms with Crippen LogP contribution in [0.15, 0.2) is 102 Å². The van der Waals surface area contributed by atoms with Crippen LogP contribution in [0.25, 0.3) is 17.0 Å². The lowest BCUT2D eigenvalue weighted by atomic mass is 9.95. The standard InChI is InChI=1S/C29H23N7O/c30-16-20(28-25(17-31)29(32)36(34-28)23-11-5-2-6-12-23)15-21-18-35(26-14-8-7-13-24(21)26)19-27(37)33-22-9-3-1-4-10-22/h1-15,18,25,29H,19,32H2,(H,33,37)/b20-15+/t25-,29+/m0/s1. The predicted octanol–water partition coefficient (Wildman–Crippen LogP) is 4.49. The highest BCUT2D eigenvalue weighted by Crippen LogP contribution is 2.30. The maximum absolute atomic E-state index is 12.7. The number of nitriles is 2. The third-order valence-corrected chi connectivity index (χ3v) is 6.18. The number of carbonyl (C=O) groups is 1. The Morgan fingerprint density at radius 1 is 1.00 bits per heavy atom. The third kappa shape index (κ3) is 4.70. The van der Waals surface area contributed by atoms with Crippen LogP contribution in [0, 0.1) is 28.6 Å². The Balaban J connectivity index is 1.50. The normalized spacial score (nSPS) is 17.2. The SMILES string of the molecule is N#C/C(=C\c1cn(CC(=O)Nc2ccccc2)c2ccccc12)C1=NN(c2ccccc2)[C@@H](N)[C@H]1C#N. The second-order valence-corrected chi connectivity index (χ2v) is 8.58. The van der Waals surface area contributed by atoms with Crippen molar-refractivity contribution in [1.82, 2.24) is 4.57 Å². The van der Waals surface area contributed by atoms with E-state index in [1.807, 2.05) is 95.7 Å². The van der Waals surface area contributed by atoms with Crippen molar-refractivity contribution in [3.8, 4) is 12.1 Å². The van der Waals surface area contributed by atoms with Gasteiger partial charge in [-0.25, -0.2) is 5.01 Å². The number of allylic oxidation sites excluding steroid dienone is 1. The number of hydrazone groups is 1. The number of nitrogens with one attached hydrogen (secondary N) is 1. The quantitative estimate of drug-likeness (QED) is 0.390. The van der Waals surface area contributed by atoms with E-state index in [0.717, 1.165) is 27.8 Å². The van der Waals surface area contributed by atoms with Crippen LogP contribution < -0.4 is 16.1 Å². The predicted molar refractivity (Wildman–Crippen MR) is 144 cm³/mol. The Kier molecular flexibility index (Phi) is 6.50. The average Bonchev–Trinajstić information content (AvgIpc) is 3.45. The fraction of sp³-hybridized carbons (Fsp3) is 0.103. The summed E-state index contributed by atoms with van der Waals surface area (Å²) in [6.45, 7) is 0.0968. The van der Waals surface area contributed by atoms with Gasteiger partial charge in [0.05, 0.1) is 23.0 Å². The zero-order chi connectivity index (χ0) is 25.8. The van der Waals surface area contributed by atoms with Gasteiger partial charge in [0.2, 0.25) is 5.91 Å². The molecule has 0 unspecified atom stereocenters. The summed E-state index contributed by atoms with van der Waals surface area (Å²) < 4.78 is 1.84. The second-order valence-electron chi connectivity index (χ2n) is 8.58. The first kappa shape index (κ1) is 23.6. The number of rotatable bonds is 6. The lowest BCUT2D eigenvalue weighted by Gasteiger charge is -2.21. The van der Waals surface area contributed by atoms with Crippen LogP contribution in [0.2, 0.25) is 0 Å². The molecule has 0 bridgehead atoms. The van der Waals surface area contributed by atoms with Gasteiger partial charge in [-0.2, -0.15) is 15.6 Å². The number of hydrogen-bond acceptors (Lipinski definition) is 6. The number of anilines is 2. The van der Waals surface area contributed by atoms with Crippen LogP contribution in [0.1, 0.15) is 5.56 Å². The van der Waals surface area contributed by atoms with Crippen molar-refractivity contribution in [2.75, 3.05) is 10.3 Å². The van der Waals surface area contributed by atoms with Gasteiger partial charge in [-0.1, -0.05) is 54.6 Å². The van der Waals surface area contributed by atoms with Crippen LogP contribution in [0.5, 0.6) is 0 Å². The third-order valence-electron chi connectivity index (χ3n) is 6.18. The smallest absolute Gasteiger partial charge is 0.244 e. The molecular formula is C29H23N7O. The Bertz CT molecular complexity index is 1590. The largest absolute Gasteiger partial charge is 0.337 e. The molecule has 8 heteroatoms. The van der Waals surface area contributed by atoms with Crippen LogP contribution in [-0.2, 0) is 11.3 Å². The van der Waals surface area contributed by atoms with Gasteiger partial charge in [0.1, 0.15) is 24.7 Å². The molecule has 0 spiro atoms. The molecule has 1 aliphatic heterocycles. The maximum atomic E-state index is 12.7. The van der Waals surface area contributed by atoms with Crippen LogP contribution in [0.4, 0.5) is 11.4 Å². The molecule has 1 aliphatic rings. The summed E-state index contributed by atoms with van der Waals surface area (Å²) in [5.41, 5.74) is 9.97. The van der Waals surface area contributed by atoms with E-state index in [2.05, 4.69) is 22.6 Å². The highest BCUT2D eigenvalue weighted by atomic mass is 16.1. The van der Waals surface area contributed by atoms with Gasteiger partial charge in [-0.15, -0.1) is 0 Å². The Morgan fingerprint density at radius 2 is 1.68 bits per heavy atom. The van der Waals surface area contributed by atoms with Crippen molar-refractivity contribution < 1.29 is 4.79 Å². The molecule has 0 radical (unpaired) electrons. The van der Waals surface area contributed by atoms with Crippen molar-refractivity contribution in [2.24, 2.45) is 16.8 Å². The molecule has 0 fully saturated rings. The molecule has 1 aromatic heterocycles. The summed E-state index contributed by atoms with van der Waals surface area (Å²) in [5, 5.41) is 29.8. The van der Waals surface area contributed by atoms with E-state index in [1.54, 1.807) is 11.1 Å².